The number of nitrogens with zero attached hydrogens (tertiary/aromatic N) is 1. The largest absolute Gasteiger partial charge is 0.486 e. The van der Waals surface area contributed by atoms with Gasteiger partial charge in [0.2, 0.25) is 0 Å². The highest BCUT2D eigenvalue weighted by atomic mass is 16.6. The summed E-state index contributed by atoms with van der Waals surface area (Å²) in [6, 6.07) is 17.4. The van der Waals surface area contributed by atoms with Crippen molar-refractivity contribution in [2.45, 2.75) is 30.7 Å². The van der Waals surface area contributed by atoms with E-state index in [1.54, 1.807) is 0 Å². The smallest absolute Gasteiger partial charge is 0.161 e. The molecule has 2 atom stereocenters. The van der Waals surface area contributed by atoms with Crippen molar-refractivity contribution in [2.24, 2.45) is 0 Å². The van der Waals surface area contributed by atoms with Gasteiger partial charge >= 0.3 is 0 Å². The first-order chi connectivity index (χ1) is 12.6. The number of ether oxygens (including phenoxy) is 2. The Labute approximate surface area is 153 Å². The Morgan fingerprint density at radius 1 is 1.00 bits per heavy atom. The standard InChI is InChI=1S/C21H25NO4/c23-17(20-15-25-18-8-4-5-9-19(18)26-20)14-22-12-10-21(24,11-13-22)16-6-2-1-3-7-16/h1-9,17,20,23-24H,10-15H2. The molecule has 2 aromatic rings. The highest BCUT2D eigenvalue weighted by Gasteiger charge is 2.36. The summed E-state index contributed by atoms with van der Waals surface area (Å²) in [5.74, 6) is 1.40. The molecule has 2 aliphatic rings. The molecule has 0 aromatic heterocycles. The molecule has 1 saturated heterocycles. The molecule has 0 saturated carbocycles. The van der Waals surface area contributed by atoms with E-state index in [-0.39, 0.29) is 6.10 Å². The number of β-amino-alcohol motifs (C(OH)–C–C–N with tert-alkyl or cyclic N) is 1. The molecule has 5 heteroatoms. The predicted molar refractivity (Wildman–Crippen MR) is 98.4 cm³/mol. The fourth-order valence-corrected chi connectivity index (χ4v) is 3.75. The van der Waals surface area contributed by atoms with Crippen molar-refractivity contribution in [3.8, 4) is 11.5 Å². The summed E-state index contributed by atoms with van der Waals surface area (Å²) >= 11 is 0. The van der Waals surface area contributed by atoms with Crippen LogP contribution in [0.15, 0.2) is 54.6 Å². The van der Waals surface area contributed by atoms with E-state index in [0.29, 0.717) is 31.7 Å². The summed E-state index contributed by atoms with van der Waals surface area (Å²) in [5, 5.41) is 21.5. The molecule has 5 nitrogen and oxygen atoms in total. The van der Waals surface area contributed by atoms with E-state index in [1.807, 2.05) is 54.6 Å². The van der Waals surface area contributed by atoms with Gasteiger partial charge in [-0.2, -0.15) is 0 Å². The molecule has 2 aromatic carbocycles. The van der Waals surface area contributed by atoms with Crippen molar-refractivity contribution < 1.29 is 19.7 Å². The second-order valence-electron chi connectivity index (χ2n) is 7.18. The second kappa shape index (κ2) is 7.27. The van der Waals surface area contributed by atoms with Crippen LogP contribution in [0.25, 0.3) is 0 Å². The van der Waals surface area contributed by atoms with E-state index >= 15 is 0 Å². The summed E-state index contributed by atoms with van der Waals surface area (Å²) in [7, 11) is 0. The molecule has 1 fully saturated rings. The molecule has 26 heavy (non-hydrogen) atoms. The molecule has 2 unspecified atom stereocenters. The third kappa shape index (κ3) is 3.56. The fraction of sp³-hybridized carbons (Fsp3) is 0.429. The van der Waals surface area contributed by atoms with Crippen LogP contribution in [0.5, 0.6) is 11.5 Å². The molecule has 0 radical (unpaired) electrons. The first-order valence-corrected chi connectivity index (χ1v) is 9.21. The van der Waals surface area contributed by atoms with E-state index in [0.717, 1.165) is 24.4 Å². The van der Waals surface area contributed by atoms with E-state index in [4.69, 9.17) is 9.47 Å². The summed E-state index contributed by atoms with van der Waals surface area (Å²) in [6.07, 6.45) is 0.314. The number of para-hydroxylation sites is 2. The van der Waals surface area contributed by atoms with Gasteiger partial charge in [-0.3, -0.25) is 0 Å². The Morgan fingerprint density at radius 2 is 1.65 bits per heavy atom. The first-order valence-electron chi connectivity index (χ1n) is 9.21. The number of hydrogen-bond acceptors (Lipinski definition) is 5. The van der Waals surface area contributed by atoms with E-state index < -0.39 is 11.7 Å². The zero-order chi connectivity index (χ0) is 18.0. The van der Waals surface area contributed by atoms with Crippen molar-refractivity contribution in [1.82, 2.24) is 4.90 Å². The van der Waals surface area contributed by atoms with Crippen molar-refractivity contribution in [3.05, 3.63) is 60.2 Å². The summed E-state index contributed by atoms with van der Waals surface area (Å²) in [5.41, 5.74) is 0.201. The lowest BCUT2D eigenvalue weighted by atomic mass is 9.84. The highest BCUT2D eigenvalue weighted by Crippen LogP contribution is 2.34. The second-order valence-corrected chi connectivity index (χ2v) is 7.18. The van der Waals surface area contributed by atoms with Crippen LogP contribution in [0.2, 0.25) is 0 Å². The summed E-state index contributed by atoms with van der Waals surface area (Å²) < 4.78 is 11.6. The van der Waals surface area contributed by atoms with Crippen LogP contribution in [0.1, 0.15) is 18.4 Å². The number of aliphatic hydroxyl groups excluding tert-OH is 1. The van der Waals surface area contributed by atoms with Gasteiger partial charge in [-0.25, -0.2) is 0 Å². The molecule has 0 aliphatic carbocycles. The minimum atomic E-state index is -0.772. The number of rotatable bonds is 4. The number of aliphatic hydroxyl groups is 2. The molecular formula is C21H25NO4. The van der Waals surface area contributed by atoms with Crippen molar-refractivity contribution in [2.75, 3.05) is 26.2 Å². The van der Waals surface area contributed by atoms with Crippen LogP contribution in [-0.4, -0.2) is 53.6 Å². The lowest BCUT2D eigenvalue weighted by Crippen LogP contribution is -2.50. The SMILES string of the molecule is OC(CN1CCC(O)(c2ccccc2)CC1)C1COc2ccccc2O1. The first kappa shape index (κ1) is 17.3. The van der Waals surface area contributed by atoms with Gasteiger partial charge < -0.3 is 24.6 Å². The number of piperidine rings is 1. The molecule has 0 spiro atoms. The Balaban J connectivity index is 1.32. The third-order valence-electron chi connectivity index (χ3n) is 5.40. The predicted octanol–water partition coefficient (Wildman–Crippen LogP) is 2.17. The van der Waals surface area contributed by atoms with E-state index in [1.165, 1.54) is 0 Å². The third-order valence-corrected chi connectivity index (χ3v) is 5.40. The van der Waals surface area contributed by atoms with Gasteiger partial charge in [0.05, 0.1) is 5.60 Å². The maximum Gasteiger partial charge on any atom is 0.161 e. The van der Waals surface area contributed by atoms with Crippen LogP contribution in [-0.2, 0) is 5.60 Å². The molecule has 0 bridgehead atoms. The van der Waals surface area contributed by atoms with Gasteiger partial charge in [0.15, 0.2) is 17.6 Å². The molecule has 0 amide bonds. The zero-order valence-electron chi connectivity index (χ0n) is 14.8. The van der Waals surface area contributed by atoms with Crippen LogP contribution >= 0.6 is 0 Å². The monoisotopic (exact) mass is 355 g/mol. The number of likely N-dealkylation sites (tertiary alicyclic amines) is 1. The minimum absolute atomic E-state index is 0.347. The maximum atomic E-state index is 10.9. The van der Waals surface area contributed by atoms with Crippen molar-refractivity contribution in [1.29, 1.82) is 0 Å². The quantitative estimate of drug-likeness (QED) is 0.880. The summed E-state index contributed by atoms with van der Waals surface area (Å²) in [6.45, 7) is 2.35. The fourth-order valence-electron chi connectivity index (χ4n) is 3.75. The highest BCUT2D eigenvalue weighted by molar-refractivity contribution is 5.40. The average Bonchev–Trinajstić information content (AvgIpc) is 2.70. The molecule has 2 aliphatic heterocycles. The minimum Gasteiger partial charge on any atom is -0.486 e. The summed E-state index contributed by atoms with van der Waals surface area (Å²) in [4.78, 5) is 2.19. The molecule has 138 valence electrons. The average molecular weight is 355 g/mol. The van der Waals surface area contributed by atoms with Gasteiger partial charge in [0.1, 0.15) is 12.7 Å². The lowest BCUT2D eigenvalue weighted by molar-refractivity contribution is -0.0565. The maximum absolute atomic E-state index is 10.9. The van der Waals surface area contributed by atoms with Crippen LogP contribution in [0.4, 0.5) is 0 Å². The number of hydrogen-bond donors (Lipinski definition) is 2. The zero-order valence-corrected chi connectivity index (χ0v) is 14.8. The van der Waals surface area contributed by atoms with Gasteiger partial charge in [0.25, 0.3) is 0 Å². The van der Waals surface area contributed by atoms with E-state index in [2.05, 4.69) is 4.90 Å². The normalized spacial score (nSPS) is 23.4. The lowest BCUT2D eigenvalue weighted by Gasteiger charge is -2.40. The number of fused-ring (bicyclic) bond motifs is 1. The molecular weight excluding hydrogens is 330 g/mol. The van der Waals surface area contributed by atoms with E-state index in [9.17, 15) is 10.2 Å². The molecule has 2 N–H and O–H groups in total. The van der Waals surface area contributed by atoms with Gasteiger partial charge in [0, 0.05) is 19.6 Å². The Hall–Kier alpha value is -2.08. The molecule has 4 rings (SSSR count). The topological polar surface area (TPSA) is 62.2 Å². The Bertz CT molecular complexity index is 728. The molecule has 2 heterocycles. The van der Waals surface area contributed by atoms with Crippen LogP contribution in [0.3, 0.4) is 0 Å². The Morgan fingerprint density at radius 3 is 2.38 bits per heavy atom. The van der Waals surface area contributed by atoms with Gasteiger partial charge in [-0.1, -0.05) is 42.5 Å². The van der Waals surface area contributed by atoms with Crippen molar-refractivity contribution in [3.63, 3.8) is 0 Å². The van der Waals surface area contributed by atoms with Gasteiger partial charge in [-0.05, 0) is 30.5 Å². The van der Waals surface area contributed by atoms with Crippen LogP contribution in [0, 0.1) is 0 Å². The van der Waals surface area contributed by atoms with Crippen molar-refractivity contribution >= 4 is 0 Å². The number of benzene rings is 2. The Kier molecular flexibility index (Phi) is 4.85. The van der Waals surface area contributed by atoms with Crippen LogP contribution < -0.4 is 9.47 Å². The van der Waals surface area contributed by atoms with Gasteiger partial charge in [-0.15, -0.1) is 0 Å².